The Morgan fingerprint density at radius 3 is 2.44 bits per heavy atom. The molecule has 4 heteroatoms. The van der Waals surface area contributed by atoms with Crippen LogP contribution in [0.1, 0.15) is 36.7 Å². The quantitative estimate of drug-likeness (QED) is 0.605. The number of carbonyl (C=O) groups excluding carboxylic acids is 1. The molecule has 0 heterocycles. The van der Waals surface area contributed by atoms with Gasteiger partial charge in [0.15, 0.2) is 8.32 Å². The Hall–Kier alpha value is -1.00. The van der Waals surface area contributed by atoms with Gasteiger partial charge >= 0.3 is 0 Å². The first-order valence-corrected chi connectivity index (χ1v) is 8.96. The maximum absolute atomic E-state index is 13.6. The fourth-order valence-corrected chi connectivity index (χ4v) is 2.20. The first-order chi connectivity index (χ1) is 8.17. The molecule has 0 N–H and O–H groups in total. The van der Waals surface area contributed by atoms with E-state index < -0.39 is 8.32 Å². The van der Waals surface area contributed by atoms with Crippen LogP contribution >= 0.6 is 0 Å². The first-order valence-electron chi connectivity index (χ1n) is 6.05. The fourth-order valence-electron chi connectivity index (χ4n) is 1.25. The molecule has 0 amide bonds. The fraction of sp³-hybridized carbons (Fsp3) is 0.500. The molecule has 0 bridgehead atoms. The third-order valence-electron chi connectivity index (χ3n) is 3.60. The molecule has 0 aromatic heterocycles. The van der Waals surface area contributed by atoms with Gasteiger partial charge in [0.1, 0.15) is 12.1 Å². The maximum Gasteiger partial charge on any atom is 0.192 e. The maximum atomic E-state index is 13.6. The summed E-state index contributed by atoms with van der Waals surface area (Å²) >= 11 is 0. The molecule has 0 radical (unpaired) electrons. The van der Waals surface area contributed by atoms with Crippen LogP contribution in [0.2, 0.25) is 18.1 Å². The summed E-state index contributed by atoms with van der Waals surface area (Å²) in [6.45, 7) is 10.9. The first kappa shape index (κ1) is 15.1. The van der Waals surface area contributed by atoms with Gasteiger partial charge in [-0.25, -0.2) is 4.39 Å². The molecule has 18 heavy (non-hydrogen) atoms. The normalized spacial score (nSPS) is 12.6. The highest BCUT2D eigenvalue weighted by Gasteiger charge is 2.37. The molecule has 0 saturated carbocycles. The number of aldehydes is 1. The number of halogens is 1. The van der Waals surface area contributed by atoms with Gasteiger partial charge in [0.05, 0.1) is 6.61 Å². The Labute approximate surface area is 109 Å². The lowest BCUT2D eigenvalue weighted by molar-refractivity contribution is 0.112. The van der Waals surface area contributed by atoms with Crippen LogP contribution in [-0.2, 0) is 11.0 Å². The number of rotatable bonds is 4. The van der Waals surface area contributed by atoms with Crippen molar-refractivity contribution in [1.29, 1.82) is 0 Å². The number of carbonyl (C=O) groups is 1. The van der Waals surface area contributed by atoms with Crippen molar-refractivity contribution in [1.82, 2.24) is 0 Å². The summed E-state index contributed by atoms with van der Waals surface area (Å²) in [6, 6.07) is 4.34. The highest BCUT2D eigenvalue weighted by Crippen LogP contribution is 2.37. The second-order valence-corrected chi connectivity index (χ2v) is 10.8. The van der Waals surface area contributed by atoms with Crippen LogP contribution in [-0.4, -0.2) is 14.6 Å². The van der Waals surface area contributed by atoms with Gasteiger partial charge in [0.2, 0.25) is 0 Å². The minimum atomic E-state index is -1.89. The van der Waals surface area contributed by atoms with E-state index >= 15 is 0 Å². The molecule has 2 nitrogen and oxygen atoms in total. The van der Waals surface area contributed by atoms with Gasteiger partial charge in [-0.1, -0.05) is 20.8 Å². The zero-order chi connectivity index (χ0) is 14.0. The van der Waals surface area contributed by atoms with E-state index in [0.29, 0.717) is 11.1 Å². The van der Waals surface area contributed by atoms with Crippen molar-refractivity contribution in [3.8, 4) is 0 Å². The minimum Gasteiger partial charge on any atom is -0.412 e. The van der Waals surface area contributed by atoms with Crippen LogP contribution in [0.3, 0.4) is 0 Å². The topological polar surface area (TPSA) is 26.3 Å². The van der Waals surface area contributed by atoms with Crippen molar-refractivity contribution in [3.05, 3.63) is 35.1 Å². The molecular formula is C14H21FO2Si. The van der Waals surface area contributed by atoms with Crippen molar-refractivity contribution < 1.29 is 13.6 Å². The van der Waals surface area contributed by atoms with E-state index in [4.69, 9.17) is 4.43 Å². The smallest absolute Gasteiger partial charge is 0.192 e. The summed E-state index contributed by atoms with van der Waals surface area (Å²) in [5.74, 6) is -0.320. The second kappa shape index (κ2) is 5.32. The molecule has 100 valence electrons. The summed E-state index contributed by atoms with van der Waals surface area (Å²) in [6.07, 6.45) is 0.718. The van der Waals surface area contributed by atoms with Crippen LogP contribution in [0, 0.1) is 5.82 Å². The van der Waals surface area contributed by atoms with E-state index in [1.807, 2.05) is 0 Å². The molecule has 1 aromatic carbocycles. The zero-order valence-electron chi connectivity index (χ0n) is 11.7. The average molecular weight is 268 g/mol. The van der Waals surface area contributed by atoms with Crippen molar-refractivity contribution in [2.45, 2.75) is 45.5 Å². The number of benzene rings is 1. The minimum absolute atomic E-state index is 0.0890. The summed E-state index contributed by atoms with van der Waals surface area (Å²) < 4.78 is 19.5. The average Bonchev–Trinajstić information content (AvgIpc) is 2.26. The Balaban J connectivity index is 2.83. The van der Waals surface area contributed by atoms with Crippen molar-refractivity contribution in [2.75, 3.05) is 0 Å². The van der Waals surface area contributed by atoms with Gasteiger partial charge in [-0.05, 0) is 36.3 Å². The summed E-state index contributed by atoms with van der Waals surface area (Å²) in [5.41, 5.74) is 0.926. The summed E-state index contributed by atoms with van der Waals surface area (Å²) in [5, 5.41) is 0.0890. The third-order valence-corrected chi connectivity index (χ3v) is 8.08. The third kappa shape index (κ3) is 3.49. The van der Waals surface area contributed by atoms with Crippen molar-refractivity contribution in [2.24, 2.45) is 0 Å². The van der Waals surface area contributed by atoms with Crippen molar-refractivity contribution in [3.63, 3.8) is 0 Å². The molecule has 0 aliphatic heterocycles. The predicted octanol–water partition coefficient (Wildman–Crippen LogP) is 4.16. The lowest BCUT2D eigenvalue weighted by Gasteiger charge is -2.36. The summed E-state index contributed by atoms with van der Waals surface area (Å²) in [7, 11) is -1.89. The molecular weight excluding hydrogens is 247 g/mol. The molecule has 0 aliphatic rings. The Kier molecular flexibility index (Phi) is 4.45. The Morgan fingerprint density at radius 1 is 1.33 bits per heavy atom. The molecule has 0 saturated heterocycles. The Morgan fingerprint density at radius 2 is 1.94 bits per heavy atom. The van der Waals surface area contributed by atoms with E-state index in [0.717, 1.165) is 6.29 Å². The SMILES string of the molecule is CC(C)(C)[Si](C)(C)OCc1cc(C=O)ccc1F. The zero-order valence-corrected chi connectivity index (χ0v) is 12.7. The number of hydrogen-bond donors (Lipinski definition) is 0. The van der Waals surface area contributed by atoms with E-state index in [1.54, 1.807) is 6.07 Å². The molecule has 1 aromatic rings. The lowest BCUT2D eigenvalue weighted by Crippen LogP contribution is -2.40. The van der Waals surface area contributed by atoms with Gasteiger partial charge in [-0.15, -0.1) is 0 Å². The van der Waals surface area contributed by atoms with Gasteiger partial charge < -0.3 is 4.43 Å². The van der Waals surface area contributed by atoms with E-state index in [9.17, 15) is 9.18 Å². The van der Waals surface area contributed by atoms with E-state index in [-0.39, 0.29) is 17.5 Å². The molecule has 0 atom stereocenters. The summed E-state index contributed by atoms with van der Waals surface area (Å²) in [4.78, 5) is 10.7. The standard InChI is InChI=1S/C14H21FO2Si/c1-14(2,3)18(4,5)17-10-12-8-11(9-16)6-7-13(12)15/h6-9H,10H2,1-5H3. The molecule has 0 spiro atoms. The Bertz CT molecular complexity index is 436. The highest BCUT2D eigenvalue weighted by atomic mass is 28.4. The lowest BCUT2D eigenvalue weighted by atomic mass is 10.1. The van der Waals surface area contributed by atoms with Crippen LogP contribution in [0.25, 0.3) is 0 Å². The molecule has 0 unspecified atom stereocenters. The van der Waals surface area contributed by atoms with E-state index in [2.05, 4.69) is 33.9 Å². The largest absolute Gasteiger partial charge is 0.412 e. The van der Waals surface area contributed by atoms with Gasteiger partial charge in [-0.3, -0.25) is 4.79 Å². The number of hydrogen-bond acceptors (Lipinski definition) is 2. The molecule has 1 rings (SSSR count). The van der Waals surface area contributed by atoms with Crippen LogP contribution in [0.4, 0.5) is 4.39 Å². The molecule has 0 fully saturated rings. The van der Waals surface area contributed by atoms with Gasteiger partial charge in [-0.2, -0.15) is 0 Å². The van der Waals surface area contributed by atoms with E-state index in [1.165, 1.54) is 12.1 Å². The van der Waals surface area contributed by atoms with Crippen molar-refractivity contribution >= 4 is 14.6 Å². The molecule has 0 aliphatic carbocycles. The van der Waals surface area contributed by atoms with Crippen LogP contribution in [0.5, 0.6) is 0 Å². The van der Waals surface area contributed by atoms with Crippen LogP contribution in [0.15, 0.2) is 18.2 Å². The van der Waals surface area contributed by atoms with Gasteiger partial charge in [0.25, 0.3) is 0 Å². The monoisotopic (exact) mass is 268 g/mol. The highest BCUT2D eigenvalue weighted by molar-refractivity contribution is 6.74. The van der Waals surface area contributed by atoms with Crippen LogP contribution < -0.4 is 0 Å². The second-order valence-electron chi connectivity index (χ2n) is 6.02. The predicted molar refractivity (Wildman–Crippen MR) is 73.8 cm³/mol. The van der Waals surface area contributed by atoms with Gasteiger partial charge in [0, 0.05) is 11.1 Å².